The van der Waals surface area contributed by atoms with E-state index in [2.05, 4.69) is 34.1 Å². The highest BCUT2D eigenvalue weighted by Gasteiger charge is 2.49. The molecule has 4 aliphatic heterocycles. The Kier molecular flexibility index (Phi) is 8.95. The molecule has 0 saturated carbocycles. The Morgan fingerprint density at radius 3 is 2.22 bits per heavy atom. The molecule has 12 heteroatoms. The number of carbonyl (C=O) groups is 2. The molecule has 1 amide bonds. The van der Waals surface area contributed by atoms with Gasteiger partial charge < -0.3 is 9.80 Å². The largest absolute Gasteiger partial charge is 0.416 e. The normalized spacial score (nSPS) is 22.5. The van der Waals surface area contributed by atoms with Crippen molar-refractivity contribution in [3.05, 3.63) is 64.2 Å². The first-order chi connectivity index (χ1) is 21.7. The van der Waals surface area contributed by atoms with Crippen molar-refractivity contribution in [3.63, 3.8) is 0 Å². The van der Waals surface area contributed by atoms with Gasteiger partial charge in [-0.25, -0.2) is 0 Å². The molecule has 4 heterocycles. The van der Waals surface area contributed by atoms with Gasteiger partial charge in [0.1, 0.15) is 5.78 Å². The number of nitrogens with one attached hydrogen (secondary N) is 1. The molecule has 2 aromatic rings. The Labute approximate surface area is 264 Å². The first kappa shape index (κ1) is 32.5. The van der Waals surface area contributed by atoms with Gasteiger partial charge in [-0.15, -0.1) is 0 Å². The molecule has 2 aromatic carbocycles. The number of likely N-dealkylation sites (tertiary alicyclic amines) is 2. The Balaban J connectivity index is 0.962. The molecule has 1 N–H and O–H groups in total. The van der Waals surface area contributed by atoms with E-state index in [4.69, 9.17) is 0 Å². The van der Waals surface area contributed by atoms with Crippen molar-refractivity contribution >= 4 is 23.1 Å². The summed E-state index contributed by atoms with van der Waals surface area (Å²) in [6.07, 6.45) is -4.79. The van der Waals surface area contributed by atoms with Crippen LogP contribution in [0.1, 0.15) is 73.3 Å². The van der Waals surface area contributed by atoms with Crippen LogP contribution in [-0.4, -0.2) is 70.1 Å². The maximum absolute atomic E-state index is 13.2. The number of alkyl halides is 6. The molecule has 2 fully saturated rings. The highest BCUT2D eigenvalue weighted by atomic mass is 19.4. The number of hydrogen-bond acceptors (Lipinski definition) is 4. The predicted molar refractivity (Wildman–Crippen MR) is 160 cm³/mol. The lowest BCUT2D eigenvalue weighted by Crippen LogP contribution is -2.47. The van der Waals surface area contributed by atoms with Crippen LogP contribution in [0.4, 0.5) is 32.0 Å². The fourth-order valence-electron chi connectivity index (χ4n) is 7.34. The Morgan fingerprint density at radius 1 is 0.848 bits per heavy atom. The van der Waals surface area contributed by atoms with Crippen LogP contribution in [0.5, 0.6) is 0 Å². The number of hydrazone groups is 1. The van der Waals surface area contributed by atoms with Crippen molar-refractivity contribution in [2.75, 3.05) is 31.6 Å². The number of piperidine rings is 1. The summed E-state index contributed by atoms with van der Waals surface area (Å²) in [6.45, 7) is 5.18. The molecule has 248 valence electrons. The van der Waals surface area contributed by atoms with E-state index in [1.54, 1.807) is 0 Å². The zero-order valence-electron chi connectivity index (χ0n) is 25.8. The highest BCUT2D eigenvalue weighted by molar-refractivity contribution is 5.95. The second-order valence-electron chi connectivity index (χ2n) is 13.3. The lowest BCUT2D eigenvalue weighted by molar-refractivity contribution is -0.434. The standard InChI is InChI=1S/C34H39F6N4O2/c1-21-31-19-25-5-4-23(17-30(25)41-44(21)31)18-32(46)43-11-7-28(8-12-43)42-9-2-3-22(6-10-42)15-29(45)16-24-13-26(33(35,36)37)20-27(14-24)34(38,39)40/h4-5,13-14,17,20-22,28,41H,2-3,6-12,15-16,18-19H2,1H3/q+1. The summed E-state index contributed by atoms with van der Waals surface area (Å²) in [7, 11) is 0. The number of fused-ring (bicyclic) bond motifs is 1. The number of ketones is 1. The molecule has 46 heavy (non-hydrogen) atoms. The number of hydrogen-bond donors (Lipinski definition) is 1. The highest BCUT2D eigenvalue weighted by Crippen LogP contribution is 2.37. The molecule has 2 atom stereocenters. The van der Waals surface area contributed by atoms with E-state index < -0.39 is 29.9 Å². The molecule has 2 saturated heterocycles. The Morgan fingerprint density at radius 2 is 1.54 bits per heavy atom. The average Bonchev–Trinajstić information content (AvgIpc) is 3.69. The number of carbonyl (C=O) groups excluding carboxylic acids is 2. The van der Waals surface area contributed by atoms with Gasteiger partial charge in [0, 0.05) is 38.9 Å². The lowest BCUT2D eigenvalue weighted by Gasteiger charge is -2.38. The maximum Gasteiger partial charge on any atom is 0.416 e. The van der Waals surface area contributed by atoms with Crippen molar-refractivity contribution in [2.24, 2.45) is 5.92 Å². The molecule has 2 unspecified atom stereocenters. The maximum atomic E-state index is 13.2. The number of rotatable bonds is 7. The molecule has 0 aliphatic carbocycles. The van der Waals surface area contributed by atoms with Crippen LogP contribution >= 0.6 is 0 Å². The van der Waals surface area contributed by atoms with Crippen LogP contribution in [-0.2, 0) is 41.2 Å². The van der Waals surface area contributed by atoms with E-state index in [0.29, 0.717) is 43.7 Å². The lowest BCUT2D eigenvalue weighted by atomic mass is 9.91. The predicted octanol–water partition coefficient (Wildman–Crippen LogP) is 6.30. The molecule has 0 bridgehead atoms. The fourth-order valence-corrected chi connectivity index (χ4v) is 7.34. The van der Waals surface area contributed by atoms with E-state index in [1.165, 1.54) is 11.3 Å². The molecule has 6 rings (SSSR count). The minimum atomic E-state index is -4.94. The number of halogens is 6. The smallest absolute Gasteiger partial charge is 0.342 e. The van der Waals surface area contributed by atoms with E-state index in [0.717, 1.165) is 62.9 Å². The van der Waals surface area contributed by atoms with Crippen LogP contribution in [0, 0.1) is 5.92 Å². The van der Waals surface area contributed by atoms with Crippen molar-refractivity contribution in [1.29, 1.82) is 0 Å². The van der Waals surface area contributed by atoms with Gasteiger partial charge in [0.15, 0.2) is 0 Å². The summed E-state index contributed by atoms with van der Waals surface area (Å²) < 4.78 is 81.5. The van der Waals surface area contributed by atoms with Crippen LogP contribution in [0.25, 0.3) is 0 Å². The number of hydrazine groups is 1. The monoisotopic (exact) mass is 649 g/mol. The number of nitrogens with zero attached hydrogens (tertiary/aromatic N) is 3. The first-order valence-corrected chi connectivity index (χ1v) is 16.1. The second-order valence-corrected chi connectivity index (χ2v) is 13.3. The zero-order valence-corrected chi connectivity index (χ0v) is 25.8. The number of Topliss-reactive ketones (excluding diaryl/α,β-unsaturated/α-hetero) is 1. The van der Waals surface area contributed by atoms with Gasteiger partial charge in [-0.2, -0.15) is 31.8 Å². The van der Waals surface area contributed by atoms with E-state index in [-0.39, 0.29) is 35.7 Å². The van der Waals surface area contributed by atoms with Crippen LogP contribution < -0.4 is 5.43 Å². The van der Waals surface area contributed by atoms with Crippen LogP contribution in [0.3, 0.4) is 0 Å². The molecule has 4 aliphatic rings. The molecular weight excluding hydrogens is 610 g/mol. The second kappa shape index (κ2) is 12.7. The zero-order chi connectivity index (χ0) is 32.8. The van der Waals surface area contributed by atoms with E-state index in [1.807, 2.05) is 11.0 Å². The topological polar surface area (TPSA) is 55.7 Å². The summed E-state index contributed by atoms with van der Waals surface area (Å²) in [5, 5.41) is 0. The van der Waals surface area contributed by atoms with Gasteiger partial charge >= 0.3 is 12.4 Å². The fraction of sp³-hybridized carbons (Fsp3) is 0.559. The number of anilines is 1. The van der Waals surface area contributed by atoms with Gasteiger partial charge in [-0.05, 0) is 92.1 Å². The summed E-state index contributed by atoms with van der Waals surface area (Å²) in [5.41, 5.74) is 5.09. The quantitative estimate of drug-likeness (QED) is 0.283. The van der Waals surface area contributed by atoms with Crippen LogP contribution in [0.2, 0.25) is 0 Å². The minimum Gasteiger partial charge on any atom is -0.342 e. The molecule has 0 spiro atoms. The van der Waals surface area contributed by atoms with Crippen molar-refractivity contribution in [3.8, 4) is 0 Å². The van der Waals surface area contributed by atoms with E-state index >= 15 is 0 Å². The Bertz CT molecular complexity index is 1490. The molecule has 0 radical (unpaired) electrons. The van der Waals surface area contributed by atoms with Crippen LogP contribution in [0.15, 0.2) is 36.4 Å². The van der Waals surface area contributed by atoms with Gasteiger partial charge in [0.25, 0.3) is 11.8 Å². The molecule has 0 aromatic heterocycles. The van der Waals surface area contributed by atoms with Gasteiger partial charge in [0.05, 0.1) is 29.7 Å². The summed E-state index contributed by atoms with van der Waals surface area (Å²) in [4.78, 5) is 30.3. The first-order valence-electron chi connectivity index (χ1n) is 16.1. The summed E-state index contributed by atoms with van der Waals surface area (Å²) in [5.74, 6) is -0.197. The van der Waals surface area contributed by atoms with E-state index in [9.17, 15) is 35.9 Å². The average molecular weight is 650 g/mol. The third-order valence-electron chi connectivity index (χ3n) is 10.0. The summed E-state index contributed by atoms with van der Waals surface area (Å²) in [6, 6.07) is 8.39. The number of benzene rings is 2. The van der Waals surface area contributed by atoms with Gasteiger partial charge in [0.2, 0.25) is 5.91 Å². The molecular formula is C34H39F6N4O2+. The summed E-state index contributed by atoms with van der Waals surface area (Å²) >= 11 is 0. The Hall–Kier alpha value is -3.41. The van der Waals surface area contributed by atoms with Crippen molar-refractivity contribution in [1.82, 2.24) is 9.80 Å². The van der Waals surface area contributed by atoms with Gasteiger partial charge in [-0.1, -0.05) is 16.8 Å². The SMILES string of the molecule is CC1C2=[N+]1Nc1cc(CC(=O)N3CCC(N4CCCC(CC(=O)Cc5cc(C(F)(F)F)cc(C(F)(F)F)c5)CC4)CC3)ccc1C2. The third-order valence-corrected chi connectivity index (χ3v) is 10.0. The van der Waals surface area contributed by atoms with Crippen molar-refractivity contribution in [2.45, 2.75) is 89.1 Å². The minimum absolute atomic E-state index is 0.0302. The third kappa shape index (κ3) is 7.42. The number of amides is 1. The van der Waals surface area contributed by atoms with Gasteiger partial charge in [-0.3, -0.25) is 9.59 Å². The molecule has 6 nitrogen and oxygen atoms in total. The van der Waals surface area contributed by atoms with Crippen molar-refractivity contribution < 1.29 is 40.6 Å².